The Morgan fingerprint density at radius 3 is 2.62 bits per heavy atom. The van der Waals surface area contributed by atoms with Crippen LogP contribution in [0, 0.1) is 3.57 Å². The number of anilines is 1. The third kappa shape index (κ3) is 2.60. The van der Waals surface area contributed by atoms with Crippen molar-refractivity contribution >= 4 is 37.0 Å². The summed E-state index contributed by atoms with van der Waals surface area (Å²) in [4.78, 5) is 8.29. The Hall–Kier alpha value is -0.990. The monoisotopic (exact) mass is 401 g/mol. The zero-order valence-electron chi connectivity index (χ0n) is 12.7. The SMILES string of the molecule is CC1(C)OCI(c2ccc3ncnc(N)c3c2)OC1(C)C. The van der Waals surface area contributed by atoms with Crippen LogP contribution in [0.4, 0.5) is 5.82 Å². The number of alkyl halides is 1. The topological polar surface area (TPSA) is 70.3 Å². The van der Waals surface area contributed by atoms with Gasteiger partial charge in [0.05, 0.1) is 0 Å². The molecule has 21 heavy (non-hydrogen) atoms. The van der Waals surface area contributed by atoms with Crippen molar-refractivity contribution in [3.63, 3.8) is 0 Å². The van der Waals surface area contributed by atoms with E-state index in [1.54, 1.807) is 0 Å². The molecule has 0 saturated carbocycles. The van der Waals surface area contributed by atoms with Crippen LogP contribution in [0.25, 0.3) is 10.9 Å². The van der Waals surface area contributed by atoms with Gasteiger partial charge in [0.1, 0.15) is 0 Å². The van der Waals surface area contributed by atoms with Crippen LogP contribution in [0.15, 0.2) is 24.5 Å². The van der Waals surface area contributed by atoms with Crippen molar-refractivity contribution in [1.29, 1.82) is 0 Å². The van der Waals surface area contributed by atoms with Gasteiger partial charge in [-0.1, -0.05) is 0 Å². The Labute approximate surface area is 132 Å². The number of benzene rings is 1. The van der Waals surface area contributed by atoms with Gasteiger partial charge in [0.15, 0.2) is 0 Å². The average molecular weight is 401 g/mol. The van der Waals surface area contributed by atoms with Crippen LogP contribution >= 0.6 is 20.2 Å². The molecule has 1 aromatic heterocycles. The first kappa shape index (κ1) is 14.9. The van der Waals surface area contributed by atoms with Crippen LogP contribution in [-0.2, 0) is 7.80 Å². The number of aromatic nitrogens is 2. The number of ether oxygens (including phenoxy) is 1. The van der Waals surface area contributed by atoms with Gasteiger partial charge in [0.25, 0.3) is 0 Å². The number of rotatable bonds is 1. The number of hydrogen-bond acceptors (Lipinski definition) is 5. The first-order valence-electron chi connectivity index (χ1n) is 6.80. The Morgan fingerprint density at radius 2 is 1.90 bits per heavy atom. The van der Waals surface area contributed by atoms with E-state index in [0.29, 0.717) is 10.4 Å². The molecule has 0 amide bonds. The number of hydrogen-bond donors (Lipinski definition) is 1. The summed E-state index contributed by atoms with van der Waals surface area (Å²) < 4.78 is 14.4. The average Bonchev–Trinajstić information content (AvgIpc) is 2.42. The Morgan fingerprint density at radius 1 is 1.14 bits per heavy atom. The second-order valence-corrected chi connectivity index (χ2v) is 10.2. The number of nitrogens with two attached hydrogens (primary N) is 1. The van der Waals surface area contributed by atoms with E-state index < -0.39 is 20.2 Å². The fourth-order valence-electron chi connectivity index (χ4n) is 2.00. The standard InChI is InChI=1S/C15H20IN3O2/c1-14(2)15(3,4)21-16(8-20-14)10-5-6-12-11(7-10)13(17)19-9-18-12/h5-7,9H,8H2,1-4H3,(H2,17,18,19). The quantitative estimate of drug-likeness (QED) is 0.586. The van der Waals surface area contributed by atoms with Gasteiger partial charge in [-0.3, -0.25) is 0 Å². The molecule has 3 rings (SSSR count). The summed E-state index contributed by atoms with van der Waals surface area (Å²) in [5.74, 6) is 0.509. The summed E-state index contributed by atoms with van der Waals surface area (Å²) in [7, 11) is 0. The van der Waals surface area contributed by atoms with Gasteiger partial charge < -0.3 is 0 Å². The van der Waals surface area contributed by atoms with Crippen LogP contribution in [0.1, 0.15) is 27.7 Å². The molecule has 1 saturated heterocycles. The van der Waals surface area contributed by atoms with Gasteiger partial charge in [-0.2, -0.15) is 0 Å². The molecule has 1 fully saturated rings. The molecule has 1 aromatic carbocycles. The minimum atomic E-state index is -1.85. The summed E-state index contributed by atoms with van der Waals surface area (Å²) in [6.07, 6.45) is 1.49. The van der Waals surface area contributed by atoms with E-state index in [9.17, 15) is 0 Å². The van der Waals surface area contributed by atoms with Gasteiger partial charge in [0, 0.05) is 0 Å². The van der Waals surface area contributed by atoms with E-state index in [-0.39, 0.29) is 11.2 Å². The summed E-state index contributed by atoms with van der Waals surface area (Å²) >= 11 is -1.85. The molecule has 2 N–H and O–H groups in total. The molecular weight excluding hydrogens is 381 g/mol. The van der Waals surface area contributed by atoms with Crippen molar-refractivity contribution in [2.24, 2.45) is 0 Å². The van der Waals surface area contributed by atoms with Crippen molar-refractivity contribution in [2.75, 3.05) is 10.3 Å². The Kier molecular flexibility index (Phi) is 3.58. The zero-order valence-corrected chi connectivity index (χ0v) is 14.8. The molecule has 1 aliphatic rings. The van der Waals surface area contributed by atoms with Crippen molar-refractivity contribution in [2.45, 2.75) is 38.9 Å². The molecule has 5 nitrogen and oxygen atoms in total. The van der Waals surface area contributed by atoms with Gasteiger partial charge in [-0.05, 0) is 0 Å². The maximum atomic E-state index is 6.41. The fraction of sp³-hybridized carbons (Fsp3) is 0.467. The molecule has 0 atom stereocenters. The summed E-state index contributed by atoms with van der Waals surface area (Å²) in [5.41, 5.74) is 6.23. The van der Waals surface area contributed by atoms with Gasteiger partial charge in [-0.25, -0.2) is 0 Å². The van der Waals surface area contributed by atoms with Crippen LogP contribution in [-0.4, -0.2) is 25.8 Å². The van der Waals surface area contributed by atoms with Crippen LogP contribution in [0.2, 0.25) is 0 Å². The second-order valence-electron chi connectivity index (χ2n) is 6.09. The van der Waals surface area contributed by atoms with Crippen LogP contribution < -0.4 is 5.73 Å². The van der Waals surface area contributed by atoms with E-state index in [1.807, 2.05) is 6.07 Å². The van der Waals surface area contributed by atoms with Crippen molar-refractivity contribution < 1.29 is 7.80 Å². The van der Waals surface area contributed by atoms with Crippen molar-refractivity contribution in [1.82, 2.24) is 9.97 Å². The second kappa shape index (κ2) is 5.03. The van der Waals surface area contributed by atoms with Gasteiger partial charge >= 0.3 is 132 Å². The third-order valence-electron chi connectivity index (χ3n) is 4.12. The Bertz CT molecular complexity index is 688. The number of halogens is 1. The molecule has 0 aliphatic carbocycles. The Balaban J connectivity index is 1.96. The number of nitrogen functional groups attached to an aromatic ring is 1. The van der Waals surface area contributed by atoms with Crippen molar-refractivity contribution in [3.8, 4) is 0 Å². The number of fused-ring (bicyclic) bond motifs is 1. The predicted octanol–water partition coefficient (Wildman–Crippen LogP) is 3.36. The summed E-state index contributed by atoms with van der Waals surface area (Å²) in [6, 6.07) is 6.13. The maximum absolute atomic E-state index is 6.41. The van der Waals surface area contributed by atoms with E-state index >= 15 is 0 Å². The van der Waals surface area contributed by atoms with Gasteiger partial charge in [0.2, 0.25) is 0 Å². The summed E-state index contributed by atoms with van der Waals surface area (Å²) in [5, 5.41) is 0.888. The number of nitrogens with zero attached hydrogens (tertiary/aromatic N) is 2. The molecule has 6 heteroatoms. The van der Waals surface area contributed by atoms with E-state index in [0.717, 1.165) is 10.9 Å². The fourth-order valence-corrected chi connectivity index (χ4v) is 6.90. The van der Waals surface area contributed by atoms with E-state index in [1.165, 1.54) is 9.90 Å². The van der Waals surface area contributed by atoms with Gasteiger partial charge in [-0.15, -0.1) is 0 Å². The molecule has 2 heterocycles. The molecular formula is C15H20IN3O2. The normalized spacial score (nSPS) is 22.4. The molecule has 114 valence electrons. The van der Waals surface area contributed by atoms with Crippen LogP contribution in [0.5, 0.6) is 0 Å². The zero-order chi connectivity index (χ0) is 15.3. The molecule has 0 bridgehead atoms. The first-order valence-corrected chi connectivity index (χ1v) is 10.3. The molecule has 1 aliphatic heterocycles. The first-order chi connectivity index (χ1) is 9.80. The predicted molar refractivity (Wildman–Crippen MR) is 91.9 cm³/mol. The van der Waals surface area contributed by atoms with Crippen molar-refractivity contribution in [3.05, 3.63) is 28.1 Å². The van der Waals surface area contributed by atoms with E-state index in [2.05, 4.69) is 49.8 Å². The minimum absolute atomic E-state index is 0.278. The molecule has 0 radical (unpaired) electrons. The molecule has 0 unspecified atom stereocenters. The summed E-state index contributed by atoms with van der Waals surface area (Å²) in [6.45, 7) is 8.34. The third-order valence-corrected chi connectivity index (χ3v) is 8.69. The van der Waals surface area contributed by atoms with E-state index in [4.69, 9.17) is 13.5 Å². The molecule has 2 aromatic rings. The molecule has 0 spiro atoms. The van der Waals surface area contributed by atoms with Crippen LogP contribution in [0.3, 0.4) is 0 Å².